The van der Waals surface area contributed by atoms with Crippen molar-refractivity contribution >= 4 is 17.4 Å². The van der Waals surface area contributed by atoms with Gasteiger partial charge in [0, 0.05) is 0 Å². The minimum atomic E-state index is -0.806. The molecule has 0 aliphatic carbocycles. The molecule has 0 aliphatic heterocycles. The summed E-state index contributed by atoms with van der Waals surface area (Å²) in [6.07, 6.45) is 0. The number of amides is 2. The number of carbonyl (C=O) groups is 1. The third kappa shape index (κ3) is 2.75. The average Bonchev–Trinajstić information content (AvgIpc) is 2.38. The predicted octanol–water partition coefficient (Wildman–Crippen LogP) is 2.92. The molecule has 17 heavy (non-hydrogen) atoms. The fourth-order valence-corrected chi connectivity index (χ4v) is 1.45. The molecule has 2 rings (SSSR count). The van der Waals surface area contributed by atoms with Crippen LogP contribution in [-0.4, -0.2) is 6.03 Å². The van der Waals surface area contributed by atoms with Crippen LogP contribution in [0.15, 0.2) is 60.7 Å². The predicted molar refractivity (Wildman–Crippen MR) is 67.5 cm³/mol. The molecular formula is C13H12N3O. The van der Waals surface area contributed by atoms with E-state index >= 15 is 0 Å². The zero-order valence-electron chi connectivity index (χ0n) is 9.13. The number of rotatable bonds is 3. The van der Waals surface area contributed by atoms with Crippen molar-refractivity contribution in [2.45, 2.75) is 0 Å². The van der Waals surface area contributed by atoms with Gasteiger partial charge in [0.25, 0.3) is 0 Å². The van der Waals surface area contributed by atoms with E-state index in [0.717, 1.165) is 5.69 Å². The van der Waals surface area contributed by atoms with Crippen LogP contribution >= 0.6 is 0 Å². The highest BCUT2D eigenvalue weighted by Gasteiger charge is 2.12. The number of hydrazine groups is 1. The topological polar surface area (TPSA) is 56.1 Å². The summed E-state index contributed by atoms with van der Waals surface area (Å²) < 4.78 is 0. The van der Waals surface area contributed by atoms with Gasteiger partial charge in [0.1, 0.15) is 0 Å². The van der Waals surface area contributed by atoms with E-state index in [4.69, 9.17) is 5.73 Å². The molecule has 2 amide bonds. The van der Waals surface area contributed by atoms with Gasteiger partial charge in [0.05, 0.1) is 11.4 Å². The average molecular weight is 226 g/mol. The summed E-state index contributed by atoms with van der Waals surface area (Å²) in [5, 5.41) is 1.19. The molecule has 0 unspecified atom stereocenters. The molecule has 85 valence electrons. The van der Waals surface area contributed by atoms with E-state index < -0.39 is 6.03 Å². The standard InChI is InChI=1S/C13H12N3O/c14-13(17)16(12-9-5-2-6-10-12)15-11-7-3-1-4-8-11/h1-10,14-15H. The maximum Gasteiger partial charge on any atom is 0.359 e. The first kappa shape index (κ1) is 11.0. The highest BCUT2D eigenvalue weighted by molar-refractivity contribution is 5.92. The Hall–Kier alpha value is -2.49. The van der Waals surface area contributed by atoms with Crippen LogP contribution in [0.3, 0.4) is 0 Å². The lowest BCUT2D eigenvalue weighted by atomic mass is 10.3. The molecule has 2 aromatic rings. The molecule has 4 heteroatoms. The third-order valence-electron chi connectivity index (χ3n) is 2.23. The van der Waals surface area contributed by atoms with E-state index in [-0.39, 0.29) is 0 Å². The van der Waals surface area contributed by atoms with Gasteiger partial charge in [-0.3, -0.25) is 5.43 Å². The van der Waals surface area contributed by atoms with Gasteiger partial charge in [-0.25, -0.2) is 15.5 Å². The second-order valence-electron chi connectivity index (χ2n) is 3.45. The number of urea groups is 1. The number of anilines is 2. The van der Waals surface area contributed by atoms with Crippen LogP contribution in [0.25, 0.3) is 0 Å². The van der Waals surface area contributed by atoms with Crippen molar-refractivity contribution in [2.75, 3.05) is 10.4 Å². The summed E-state index contributed by atoms with van der Waals surface area (Å²) in [7, 11) is 0. The second kappa shape index (κ2) is 5.03. The van der Waals surface area contributed by atoms with Crippen molar-refractivity contribution in [1.29, 1.82) is 0 Å². The third-order valence-corrected chi connectivity index (χ3v) is 2.23. The Morgan fingerprint density at radius 2 is 1.47 bits per heavy atom. The number of hydrogen-bond acceptors (Lipinski definition) is 2. The van der Waals surface area contributed by atoms with E-state index in [1.54, 1.807) is 12.1 Å². The molecule has 0 saturated heterocycles. The van der Waals surface area contributed by atoms with E-state index in [1.807, 2.05) is 48.5 Å². The molecule has 0 atom stereocenters. The lowest BCUT2D eigenvalue weighted by molar-refractivity contribution is 0.254. The number of carbonyl (C=O) groups excluding carboxylic acids is 1. The van der Waals surface area contributed by atoms with Gasteiger partial charge in [0.2, 0.25) is 0 Å². The van der Waals surface area contributed by atoms with Crippen molar-refractivity contribution in [1.82, 2.24) is 5.73 Å². The van der Waals surface area contributed by atoms with E-state index in [2.05, 4.69) is 5.43 Å². The fourth-order valence-electron chi connectivity index (χ4n) is 1.45. The molecule has 0 aromatic heterocycles. The molecule has 0 heterocycles. The first-order chi connectivity index (χ1) is 8.27. The van der Waals surface area contributed by atoms with Crippen molar-refractivity contribution in [3.8, 4) is 0 Å². The van der Waals surface area contributed by atoms with Crippen LogP contribution in [0.1, 0.15) is 0 Å². The molecule has 0 saturated carbocycles. The Balaban J connectivity index is 2.23. The Bertz CT molecular complexity index is 485. The van der Waals surface area contributed by atoms with Crippen LogP contribution in [0.2, 0.25) is 0 Å². The van der Waals surface area contributed by atoms with E-state index in [1.165, 1.54) is 5.01 Å². The summed E-state index contributed by atoms with van der Waals surface area (Å²) >= 11 is 0. The minimum Gasteiger partial charge on any atom is -0.290 e. The minimum absolute atomic E-state index is 0.636. The lowest BCUT2D eigenvalue weighted by Gasteiger charge is -2.21. The molecule has 0 fully saturated rings. The van der Waals surface area contributed by atoms with Crippen LogP contribution < -0.4 is 16.2 Å². The number of nitrogens with one attached hydrogen (secondary N) is 2. The maximum atomic E-state index is 11.3. The summed E-state index contributed by atoms with van der Waals surface area (Å²) in [6, 6.07) is 17.5. The molecule has 0 bridgehead atoms. The Morgan fingerprint density at radius 1 is 0.941 bits per heavy atom. The quantitative estimate of drug-likeness (QED) is 0.818. The Morgan fingerprint density at radius 3 is 2.00 bits per heavy atom. The molecule has 0 spiro atoms. The normalized spacial score (nSPS) is 9.65. The second-order valence-corrected chi connectivity index (χ2v) is 3.45. The van der Waals surface area contributed by atoms with Crippen LogP contribution in [-0.2, 0) is 0 Å². The molecular weight excluding hydrogens is 214 g/mol. The van der Waals surface area contributed by atoms with E-state index in [9.17, 15) is 4.79 Å². The fraction of sp³-hybridized carbons (Fsp3) is 0. The number of nitrogens with zero attached hydrogens (tertiary/aromatic N) is 1. The van der Waals surface area contributed by atoms with Crippen LogP contribution in [0.4, 0.5) is 16.2 Å². The monoisotopic (exact) mass is 226 g/mol. The maximum absolute atomic E-state index is 11.3. The van der Waals surface area contributed by atoms with Crippen LogP contribution in [0.5, 0.6) is 0 Å². The summed E-state index contributed by atoms with van der Waals surface area (Å²) in [5.41, 5.74) is 11.5. The molecule has 1 radical (unpaired) electrons. The van der Waals surface area contributed by atoms with E-state index in [0.29, 0.717) is 5.69 Å². The van der Waals surface area contributed by atoms with Gasteiger partial charge in [-0.1, -0.05) is 36.4 Å². The van der Waals surface area contributed by atoms with Crippen molar-refractivity contribution < 1.29 is 4.79 Å². The summed E-state index contributed by atoms with van der Waals surface area (Å²) in [6.45, 7) is 0. The first-order valence-electron chi connectivity index (χ1n) is 5.20. The molecule has 0 aliphatic rings. The smallest absolute Gasteiger partial charge is 0.290 e. The van der Waals surface area contributed by atoms with Gasteiger partial charge < -0.3 is 0 Å². The van der Waals surface area contributed by atoms with Crippen LogP contribution in [0, 0.1) is 0 Å². The van der Waals surface area contributed by atoms with Crippen molar-refractivity contribution in [2.24, 2.45) is 0 Å². The largest absolute Gasteiger partial charge is 0.359 e. The SMILES string of the molecule is [NH]C(=O)N(Nc1ccccc1)c1ccccc1. The summed E-state index contributed by atoms with van der Waals surface area (Å²) in [5.74, 6) is 0. The number of para-hydroxylation sites is 2. The van der Waals surface area contributed by atoms with Gasteiger partial charge >= 0.3 is 6.03 Å². The van der Waals surface area contributed by atoms with Crippen molar-refractivity contribution in [3.05, 3.63) is 60.7 Å². The zero-order chi connectivity index (χ0) is 12.1. The molecule has 2 N–H and O–H groups in total. The van der Waals surface area contributed by atoms with Gasteiger partial charge in [-0.15, -0.1) is 0 Å². The first-order valence-corrected chi connectivity index (χ1v) is 5.20. The zero-order valence-corrected chi connectivity index (χ0v) is 9.13. The lowest BCUT2D eigenvalue weighted by Crippen LogP contribution is -2.35. The number of benzene rings is 2. The Labute approximate surface area is 99.6 Å². The highest BCUT2D eigenvalue weighted by atomic mass is 16.2. The Kier molecular flexibility index (Phi) is 3.25. The summed E-state index contributed by atoms with van der Waals surface area (Å²) in [4.78, 5) is 11.3. The van der Waals surface area contributed by atoms with Gasteiger partial charge in [0.15, 0.2) is 0 Å². The molecule has 4 nitrogen and oxygen atoms in total. The molecule has 2 aromatic carbocycles. The number of hydrogen-bond donors (Lipinski definition) is 1. The van der Waals surface area contributed by atoms with Crippen molar-refractivity contribution in [3.63, 3.8) is 0 Å². The highest BCUT2D eigenvalue weighted by Crippen LogP contribution is 2.15. The van der Waals surface area contributed by atoms with Gasteiger partial charge in [-0.2, -0.15) is 0 Å². The van der Waals surface area contributed by atoms with Gasteiger partial charge in [-0.05, 0) is 24.3 Å².